The fraction of sp³-hybridized carbons (Fsp3) is 0.700. The molecule has 1 atom stereocenters. The largest absolute Gasteiger partial charge is 0.370 e. The van der Waals surface area contributed by atoms with E-state index in [0.717, 1.165) is 37.7 Å². The Morgan fingerprint density at radius 3 is 3.36 bits per heavy atom. The van der Waals surface area contributed by atoms with Crippen molar-refractivity contribution in [3.8, 4) is 0 Å². The number of nitrogens with one attached hydrogen (secondary N) is 2. The van der Waals surface area contributed by atoms with Crippen LogP contribution in [0.5, 0.6) is 0 Å². The number of anilines is 1. The van der Waals surface area contributed by atoms with Crippen molar-refractivity contribution in [2.75, 3.05) is 25.0 Å². The molecule has 1 aromatic rings. The van der Waals surface area contributed by atoms with Crippen LogP contribution < -0.4 is 10.6 Å². The van der Waals surface area contributed by atoms with E-state index in [1.165, 1.54) is 0 Å². The van der Waals surface area contributed by atoms with Gasteiger partial charge in [0.25, 0.3) is 0 Å². The Labute approximate surface area is 84.7 Å². The Balaban J connectivity index is 1.98. The molecule has 1 aliphatic rings. The molecule has 0 aliphatic carbocycles. The second kappa shape index (κ2) is 4.00. The predicted octanol–water partition coefficient (Wildman–Crippen LogP) is 0.843. The molecule has 78 valence electrons. The van der Waals surface area contributed by atoms with Crippen LogP contribution in [0.4, 0.5) is 5.82 Å². The smallest absolute Gasteiger partial charge is 0.124 e. The van der Waals surface area contributed by atoms with Gasteiger partial charge in [-0.3, -0.25) is 0 Å². The highest BCUT2D eigenvalue weighted by molar-refractivity contribution is 5.38. The second-order valence-corrected chi connectivity index (χ2v) is 3.91. The summed E-state index contributed by atoms with van der Waals surface area (Å²) < 4.78 is 2.07. The lowest BCUT2D eigenvalue weighted by atomic mass is 10.1. The van der Waals surface area contributed by atoms with E-state index in [1.54, 1.807) is 0 Å². The highest BCUT2D eigenvalue weighted by Gasteiger charge is 2.18. The van der Waals surface area contributed by atoms with Crippen molar-refractivity contribution in [1.29, 1.82) is 0 Å². The van der Waals surface area contributed by atoms with Crippen LogP contribution in [-0.4, -0.2) is 29.4 Å². The van der Waals surface area contributed by atoms with E-state index in [4.69, 9.17) is 0 Å². The van der Waals surface area contributed by atoms with Crippen LogP contribution >= 0.6 is 0 Å². The lowest BCUT2D eigenvalue weighted by molar-refractivity contribution is 0.394. The van der Waals surface area contributed by atoms with Crippen molar-refractivity contribution in [3.05, 3.63) is 11.8 Å². The number of hydrogen-bond donors (Lipinski definition) is 2. The Kier molecular flexibility index (Phi) is 2.72. The average molecular weight is 194 g/mol. The van der Waals surface area contributed by atoms with Gasteiger partial charge in [-0.05, 0) is 13.5 Å². The van der Waals surface area contributed by atoms with Gasteiger partial charge in [-0.15, -0.1) is 0 Å². The van der Waals surface area contributed by atoms with E-state index in [1.807, 2.05) is 6.92 Å². The molecule has 0 amide bonds. The molecule has 0 bridgehead atoms. The minimum Gasteiger partial charge on any atom is -0.370 e. The minimum atomic E-state index is 0.654. The number of rotatable bonds is 3. The molecular weight excluding hydrogens is 176 g/mol. The highest BCUT2D eigenvalue weighted by atomic mass is 15.3. The van der Waals surface area contributed by atoms with Crippen molar-refractivity contribution in [3.63, 3.8) is 0 Å². The van der Waals surface area contributed by atoms with Crippen LogP contribution in [0, 0.1) is 12.8 Å². The van der Waals surface area contributed by atoms with Gasteiger partial charge in [0.2, 0.25) is 0 Å². The molecule has 1 unspecified atom stereocenters. The zero-order valence-electron chi connectivity index (χ0n) is 8.88. The number of nitrogens with zero attached hydrogens (tertiary/aromatic N) is 2. The maximum Gasteiger partial charge on any atom is 0.124 e. The third kappa shape index (κ3) is 1.90. The number of fused-ring (bicyclic) bond motifs is 1. The molecule has 0 aromatic carbocycles. The number of aryl methyl sites for hydroxylation is 1. The molecule has 0 saturated carbocycles. The summed E-state index contributed by atoms with van der Waals surface area (Å²) in [6.07, 6.45) is 0. The maximum atomic E-state index is 4.44. The molecule has 4 nitrogen and oxygen atoms in total. The molecule has 14 heavy (non-hydrogen) atoms. The molecule has 2 rings (SSSR count). The normalized spacial score (nSPS) is 20.3. The summed E-state index contributed by atoms with van der Waals surface area (Å²) in [6.45, 7) is 8.37. The third-order valence-corrected chi connectivity index (χ3v) is 2.59. The topological polar surface area (TPSA) is 41.9 Å². The Hall–Kier alpha value is -1.03. The predicted molar refractivity (Wildman–Crippen MR) is 57.5 cm³/mol. The molecule has 0 saturated heterocycles. The first-order valence-corrected chi connectivity index (χ1v) is 5.28. The molecule has 0 fully saturated rings. The zero-order chi connectivity index (χ0) is 9.97. The van der Waals surface area contributed by atoms with Crippen molar-refractivity contribution in [1.82, 2.24) is 15.1 Å². The maximum absolute atomic E-state index is 4.44. The molecule has 1 aromatic heterocycles. The minimum absolute atomic E-state index is 0.654. The van der Waals surface area contributed by atoms with Crippen molar-refractivity contribution >= 4 is 5.82 Å². The SMILES string of the molecule is CCNCC1CNc2cc(C)nn2C1. The quantitative estimate of drug-likeness (QED) is 0.749. The molecule has 0 radical (unpaired) electrons. The van der Waals surface area contributed by atoms with Gasteiger partial charge in [0.1, 0.15) is 5.82 Å². The standard InChI is InChI=1S/C10H18N4/c1-3-11-5-9-6-12-10-4-8(2)13-14(10)7-9/h4,9,11-12H,3,5-7H2,1-2H3. The summed E-state index contributed by atoms with van der Waals surface area (Å²) in [7, 11) is 0. The number of aromatic nitrogens is 2. The first-order chi connectivity index (χ1) is 6.79. The Morgan fingerprint density at radius 2 is 2.57 bits per heavy atom. The average Bonchev–Trinajstić information content (AvgIpc) is 2.54. The van der Waals surface area contributed by atoms with Gasteiger partial charge in [0.05, 0.1) is 5.69 Å². The molecule has 1 aliphatic heterocycles. The second-order valence-electron chi connectivity index (χ2n) is 3.91. The molecule has 0 spiro atoms. The van der Waals surface area contributed by atoms with Gasteiger partial charge in [0.15, 0.2) is 0 Å². The third-order valence-electron chi connectivity index (χ3n) is 2.59. The summed E-state index contributed by atoms with van der Waals surface area (Å²) in [6, 6.07) is 2.10. The fourth-order valence-corrected chi connectivity index (χ4v) is 1.87. The summed E-state index contributed by atoms with van der Waals surface area (Å²) >= 11 is 0. The van der Waals surface area contributed by atoms with E-state index in [-0.39, 0.29) is 0 Å². The zero-order valence-corrected chi connectivity index (χ0v) is 8.88. The summed E-state index contributed by atoms with van der Waals surface area (Å²) in [5.41, 5.74) is 1.09. The van der Waals surface area contributed by atoms with Crippen LogP contribution in [0.15, 0.2) is 6.07 Å². The van der Waals surface area contributed by atoms with Crippen molar-refractivity contribution in [2.24, 2.45) is 5.92 Å². The van der Waals surface area contributed by atoms with E-state index >= 15 is 0 Å². The van der Waals surface area contributed by atoms with E-state index in [0.29, 0.717) is 5.92 Å². The van der Waals surface area contributed by atoms with Crippen molar-refractivity contribution in [2.45, 2.75) is 20.4 Å². The van der Waals surface area contributed by atoms with Gasteiger partial charge in [-0.1, -0.05) is 6.92 Å². The molecule has 2 N–H and O–H groups in total. The van der Waals surface area contributed by atoms with Gasteiger partial charge < -0.3 is 10.6 Å². The summed E-state index contributed by atoms with van der Waals surface area (Å²) in [5, 5.41) is 11.2. The van der Waals surface area contributed by atoms with Crippen LogP contribution in [0.2, 0.25) is 0 Å². The lowest BCUT2D eigenvalue weighted by Gasteiger charge is -2.24. The van der Waals surface area contributed by atoms with Gasteiger partial charge >= 0.3 is 0 Å². The molecular formula is C10H18N4. The first-order valence-electron chi connectivity index (χ1n) is 5.28. The van der Waals surface area contributed by atoms with E-state index in [9.17, 15) is 0 Å². The van der Waals surface area contributed by atoms with Crippen LogP contribution in [0.25, 0.3) is 0 Å². The molecule has 2 heterocycles. The Morgan fingerprint density at radius 1 is 1.71 bits per heavy atom. The van der Waals surface area contributed by atoms with Gasteiger partial charge in [-0.2, -0.15) is 5.10 Å². The summed E-state index contributed by atoms with van der Waals surface area (Å²) in [5.74, 6) is 1.82. The molecule has 4 heteroatoms. The van der Waals surface area contributed by atoms with Crippen LogP contribution in [0.3, 0.4) is 0 Å². The Bertz CT molecular complexity index is 305. The van der Waals surface area contributed by atoms with Gasteiger partial charge in [-0.25, -0.2) is 4.68 Å². The monoisotopic (exact) mass is 194 g/mol. The van der Waals surface area contributed by atoms with Gasteiger partial charge in [0, 0.05) is 31.6 Å². The lowest BCUT2D eigenvalue weighted by Crippen LogP contribution is -2.35. The highest BCUT2D eigenvalue weighted by Crippen LogP contribution is 2.17. The van der Waals surface area contributed by atoms with Crippen LogP contribution in [-0.2, 0) is 6.54 Å². The van der Waals surface area contributed by atoms with E-state index in [2.05, 4.69) is 33.4 Å². The van der Waals surface area contributed by atoms with Crippen molar-refractivity contribution < 1.29 is 0 Å². The first kappa shape index (κ1) is 9.52. The summed E-state index contributed by atoms with van der Waals surface area (Å²) in [4.78, 5) is 0. The van der Waals surface area contributed by atoms with Crippen LogP contribution in [0.1, 0.15) is 12.6 Å². The fourth-order valence-electron chi connectivity index (χ4n) is 1.87. The van der Waals surface area contributed by atoms with E-state index < -0.39 is 0 Å². The number of hydrogen-bond acceptors (Lipinski definition) is 3.